The van der Waals surface area contributed by atoms with Gasteiger partial charge in [0.1, 0.15) is 11.5 Å². The Morgan fingerprint density at radius 1 is 1.09 bits per heavy atom. The molecule has 2 aromatic rings. The standard InChI is InChI=1S/C25H30N2O5/c1-15(2)31-13-12-27-22(18-8-10-26-11-9-18)21(24(29)25(27)30)23(28)19-6-7-20(17(5)14-19)32-16(3)4/h6-11,14-16,22,28H,12-13H2,1-5H3/b23-21-. The Kier molecular flexibility index (Phi) is 7.30. The van der Waals surface area contributed by atoms with Crippen molar-refractivity contribution in [1.29, 1.82) is 0 Å². The number of hydrogen-bond donors (Lipinski definition) is 1. The number of hydrogen-bond acceptors (Lipinski definition) is 6. The van der Waals surface area contributed by atoms with Crippen LogP contribution in [0.3, 0.4) is 0 Å². The first-order valence-corrected chi connectivity index (χ1v) is 10.8. The Bertz CT molecular complexity index is 1010. The van der Waals surface area contributed by atoms with Crippen LogP contribution in [0.4, 0.5) is 0 Å². The minimum atomic E-state index is -0.722. The molecule has 1 N–H and O–H groups in total. The molecule has 0 saturated carbocycles. The number of amides is 1. The van der Waals surface area contributed by atoms with Gasteiger partial charge in [-0.25, -0.2) is 0 Å². The monoisotopic (exact) mass is 438 g/mol. The third kappa shape index (κ3) is 4.99. The number of benzene rings is 1. The zero-order valence-corrected chi connectivity index (χ0v) is 19.2. The summed E-state index contributed by atoms with van der Waals surface area (Å²) in [6.07, 6.45) is 3.21. The predicted octanol–water partition coefficient (Wildman–Crippen LogP) is 4.02. The van der Waals surface area contributed by atoms with Gasteiger partial charge in [-0.2, -0.15) is 0 Å². The van der Waals surface area contributed by atoms with Crippen molar-refractivity contribution in [3.63, 3.8) is 0 Å². The van der Waals surface area contributed by atoms with Gasteiger partial charge in [0.05, 0.1) is 30.4 Å². The summed E-state index contributed by atoms with van der Waals surface area (Å²) in [5.41, 5.74) is 2.03. The largest absolute Gasteiger partial charge is 0.507 e. The highest BCUT2D eigenvalue weighted by atomic mass is 16.5. The van der Waals surface area contributed by atoms with Crippen LogP contribution >= 0.6 is 0 Å². The number of likely N-dealkylation sites (tertiary alicyclic amines) is 1. The van der Waals surface area contributed by atoms with E-state index < -0.39 is 17.7 Å². The molecule has 1 aliphatic heterocycles. The number of ether oxygens (including phenoxy) is 2. The van der Waals surface area contributed by atoms with E-state index in [0.29, 0.717) is 16.9 Å². The summed E-state index contributed by atoms with van der Waals surface area (Å²) in [5, 5.41) is 11.2. The minimum absolute atomic E-state index is 0.000690. The molecule has 3 rings (SSSR count). The van der Waals surface area contributed by atoms with Gasteiger partial charge in [0, 0.05) is 24.5 Å². The van der Waals surface area contributed by atoms with Gasteiger partial charge in [-0.3, -0.25) is 14.6 Å². The molecule has 2 heterocycles. The first-order valence-electron chi connectivity index (χ1n) is 10.8. The van der Waals surface area contributed by atoms with Gasteiger partial charge in [-0.05, 0) is 76.1 Å². The third-order valence-corrected chi connectivity index (χ3v) is 5.16. The lowest BCUT2D eigenvalue weighted by Crippen LogP contribution is -2.33. The number of aryl methyl sites for hydroxylation is 1. The lowest BCUT2D eigenvalue weighted by atomic mass is 9.95. The molecule has 0 aliphatic carbocycles. The Labute approximate surface area is 188 Å². The van der Waals surface area contributed by atoms with Crippen LogP contribution in [0.1, 0.15) is 50.4 Å². The molecular formula is C25H30N2O5. The van der Waals surface area contributed by atoms with Gasteiger partial charge in [-0.15, -0.1) is 0 Å². The predicted molar refractivity (Wildman–Crippen MR) is 121 cm³/mol. The quantitative estimate of drug-likeness (QED) is 0.380. The van der Waals surface area contributed by atoms with Crippen molar-refractivity contribution in [1.82, 2.24) is 9.88 Å². The number of aliphatic hydroxyl groups excluding tert-OH is 1. The molecule has 32 heavy (non-hydrogen) atoms. The molecule has 7 heteroatoms. The number of aliphatic hydroxyl groups is 1. The third-order valence-electron chi connectivity index (χ3n) is 5.16. The fraction of sp³-hybridized carbons (Fsp3) is 0.400. The van der Waals surface area contributed by atoms with Crippen molar-refractivity contribution in [3.8, 4) is 5.75 Å². The second kappa shape index (κ2) is 9.96. The molecule has 1 aromatic carbocycles. The van der Waals surface area contributed by atoms with Crippen molar-refractivity contribution < 1.29 is 24.2 Å². The Hall–Kier alpha value is -3.19. The van der Waals surface area contributed by atoms with Crippen LogP contribution in [0.15, 0.2) is 48.3 Å². The summed E-state index contributed by atoms with van der Waals surface area (Å²) in [4.78, 5) is 31.4. The maximum absolute atomic E-state index is 13.0. The van der Waals surface area contributed by atoms with Crippen LogP contribution < -0.4 is 4.74 Å². The molecule has 1 unspecified atom stereocenters. The van der Waals surface area contributed by atoms with E-state index in [1.165, 1.54) is 4.90 Å². The second-order valence-electron chi connectivity index (χ2n) is 8.34. The number of carbonyl (C=O) groups is 2. The average Bonchev–Trinajstić information content (AvgIpc) is 2.99. The van der Waals surface area contributed by atoms with E-state index in [9.17, 15) is 14.7 Å². The molecule has 0 radical (unpaired) electrons. The summed E-state index contributed by atoms with van der Waals surface area (Å²) in [5.74, 6) is -0.878. The molecule has 1 atom stereocenters. The van der Waals surface area contributed by atoms with Gasteiger partial charge in [0.25, 0.3) is 11.7 Å². The highest BCUT2D eigenvalue weighted by molar-refractivity contribution is 6.46. The van der Waals surface area contributed by atoms with E-state index >= 15 is 0 Å². The van der Waals surface area contributed by atoms with E-state index in [1.807, 2.05) is 34.6 Å². The van der Waals surface area contributed by atoms with E-state index in [0.717, 1.165) is 5.56 Å². The van der Waals surface area contributed by atoms with Gasteiger partial charge in [-0.1, -0.05) is 0 Å². The summed E-state index contributed by atoms with van der Waals surface area (Å²) in [7, 11) is 0. The van der Waals surface area contributed by atoms with Crippen LogP contribution in [0.2, 0.25) is 0 Å². The van der Waals surface area contributed by atoms with Crippen molar-refractivity contribution >= 4 is 17.4 Å². The van der Waals surface area contributed by atoms with E-state index in [2.05, 4.69) is 4.98 Å². The summed E-state index contributed by atoms with van der Waals surface area (Å²) in [6.45, 7) is 10.1. The van der Waals surface area contributed by atoms with Crippen LogP contribution in [0.25, 0.3) is 5.76 Å². The molecule has 1 amide bonds. The maximum atomic E-state index is 13.0. The zero-order chi connectivity index (χ0) is 23.4. The van der Waals surface area contributed by atoms with Crippen LogP contribution in [-0.2, 0) is 14.3 Å². The van der Waals surface area contributed by atoms with Gasteiger partial charge < -0.3 is 19.5 Å². The lowest BCUT2D eigenvalue weighted by molar-refractivity contribution is -0.140. The SMILES string of the molecule is Cc1cc(/C(O)=C2/C(=O)C(=O)N(CCOC(C)C)C2c2ccncc2)ccc1OC(C)C. The fourth-order valence-electron chi connectivity index (χ4n) is 3.73. The van der Waals surface area contributed by atoms with Crippen molar-refractivity contribution in [2.24, 2.45) is 0 Å². The molecular weight excluding hydrogens is 408 g/mol. The van der Waals surface area contributed by atoms with Crippen LogP contribution in [0, 0.1) is 6.92 Å². The lowest BCUT2D eigenvalue weighted by Gasteiger charge is -2.25. The van der Waals surface area contributed by atoms with Crippen molar-refractivity contribution in [2.45, 2.75) is 52.9 Å². The number of Topliss-reactive ketones (excluding diaryl/α,β-unsaturated/α-hetero) is 1. The summed E-state index contributed by atoms with van der Waals surface area (Å²) >= 11 is 0. The number of pyridine rings is 1. The first kappa shape index (κ1) is 23.5. The van der Waals surface area contributed by atoms with E-state index in [-0.39, 0.29) is 36.7 Å². The minimum Gasteiger partial charge on any atom is -0.507 e. The molecule has 1 aromatic heterocycles. The van der Waals surface area contributed by atoms with E-state index in [1.54, 1.807) is 42.7 Å². The first-order chi connectivity index (χ1) is 15.2. The van der Waals surface area contributed by atoms with E-state index in [4.69, 9.17) is 9.47 Å². The van der Waals surface area contributed by atoms with Crippen molar-refractivity contribution in [2.75, 3.05) is 13.2 Å². The highest BCUT2D eigenvalue weighted by Gasteiger charge is 2.45. The number of ketones is 1. The summed E-state index contributed by atoms with van der Waals surface area (Å²) in [6, 6.07) is 7.97. The zero-order valence-electron chi connectivity index (χ0n) is 19.2. The van der Waals surface area contributed by atoms with Crippen LogP contribution in [-0.4, -0.2) is 52.0 Å². The fourth-order valence-corrected chi connectivity index (χ4v) is 3.73. The maximum Gasteiger partial charge on any atom is 0.295 e. The molecule has 1 saturated heterocycles. The second-order valence-corrected chi connectivity index (χ2v) is 8.34. The Morgan fingerprint density at radius 2 is 1.78 bits per heavy atom. The average molecular weight is 439 g/mol. The van der Waals surface area contributed by atoms with Crippen molar-refractivity contribution in [3.05, 3.63) is 65.0 Å². The van der Waals surface area contributed by atoms with Gasteiger partial charge in [0.15, 0.2) is 0 Å². The number of carbonyl (C=O) groups excluding carboxylic acids is 2. The van der Waals surface area contributed by atoms with Crippen LogP contribution in [0.5, 0.6) is 5.75 Å². The molecule has 0 spiro atoms. The number of nitrogens with zero attached hydrogens (tertiary/aromatic N) is 2. The number of aromatic nitrogens is 1. The highest BCUT2D eigenvalue weighted by Crippen LogP contribution is 2.39. The Morgan fingerprint density at radius 3 is 2.38 bits per heavy atom. The molecule has 1 fully saturated rings. The van der Waals surface area contributed by atoms with Gasteiger partial charge >= 0.3 is 0 Å². The topological polar surface area (TPSA) is 89.0 Å². The molecule has 7 nitrogen and oxygen atoms in total. The smallest absolute Gasteiger partial charge is 0.295 e. The molecule has 1 aliphatic rings. The normalized spacial score (nSPS) is 18.1. The number of rotatable bonds is 8. The summed E-state index contributed by atoms with van der Waals surface area (Å²) < 4.78 is 11.4. The molecule has 0 bridgehead atoms. The Balaban J connectivity index is 2.05. The molecule has 170 valence electrons. The van der Waals surface area contributed by atoms with Gasteiger partial charge in [0.2, 0.25) is 0 Å².